The molecule has 0 saturated heterocycles. The maximum absolute atomic E-state index is 13.2. The quantitative estimate of drug-likeness (QED) is 0.182. The average molecular weight is 511 g/mol. The molecule has 0 N–H and O–H groups in total. The lowest BCUT2D eigenvalue weighted by atomic mass is 9.83. The highest BCUT2D eigenvalue weighted by atomic mass is 32.1. The molecule has 192 valence electrons. The van der Waals surface area contributed by atoms with Crippen molar-refractivity contribution in [2.24, 2.45) is 5.92 Å². The first-order valence-corrected chi connectivity index (χ1v) is 13.4. The van der Waals surface area contributed by atoms with Crippen LogP contribution in [-0.4, -0.2) is 31.1 Å². The number of Topliss-reactive ketones (excluding diaryl/α,β-unsaturated/α-hetero) is 1. The van der Waals surface area contributed by atoms with Gasteiger partial charge in [0.15, 0.2) is 5.76 Å². The van der Waals surface area contributed by atoms with E-state index in [0.29, 0.717) is 4.88 Å². The van der Waals surface area contributed by atoms with Crippen molar-refractivity contribution in [1.29, 1.82) is 0 Å². The van der Waals surface area contributed by atoms with Crippen molar-refractivity contribution in [2.45, 2.75) is 70.6 Å². The SMILES string of the molecule is CCCCCC(C=O)c1ccc(C2C(=O)C(OC(C)=O)=CC2CCCc2ccc(C(=O)OC)s2)cc1. The van der Waals surface area contributed by atoms with Gasteiger partial charge in [0.25, 0.3) is 0 Å². The molecule has 0 fully saturated rings. The first kappa shape index (κ1) is 27.5. The highest BCUT2D eigenvalue weighted by molar-refractivity contribution is 7.13. The zero-order valence-electron chi connectivity index (χ0n) is 21.2. The Morgan fingerprint density at radius 2 is 1.83 bits per heavy atom. The molecule has 0 bridgehead atoms. The largest absolute Gasteiger partial charge is 0.465 e. The van der Waals surface area contributed by atoms with Crippen LogP contribution in [0.3, 0.4) is 0 Å². The molecule has 6 nitrogen and oxygen atoms in total. The van der Waals surface area contributed by atoms with E-state index in [1.807, 2.05) is 30.3 Å². The molecule has 1 heterocycles. The maximum atomic E-state index is 13.2. The van der Waals surface area contributed by atoms with Crippen LogP contribution in [0.5, 0.6) is 0 Å². The minimum absolute atomic E-state index is 0.107. The van der Waals surface area contributed by atoms with Crippen LogP contribution in [0.2, 0.25) is 0 Å². The number of unbranched alkanes of at least 4 members (excludes halogenated alkanes) is 2. The first-order valence-electron chi connectivity index (χ1n) is 12.5. The summed E-state index contributed by atoms with van der Waals surface area (Å²) in [4.78, 5) is 49.7. The Labute approximate surface area is 216 Å². The summed E-state index contributed by atoms with van der Waals surface area (Å²) < 4.78 is 10.00. The fourth-order valence-corrected chi connectivity index (χ4v) is 5.69. The van der Waals surface area contributed by atoms with Gasteiger partial charge < -0.3 is 14.3 Å². The fourth-order valence-electron chi connectivity index (χ4n) is 4.72. The number of ketones is 1. The minimum atomic E-state index is -0.515. The number of carbonyl (C=O) groups is 4. The van der Waals surface area contributed by atoms with Crippen molar-refractivity contribution >= 4 is 35.3 Å². The number of benzene rings is 1. The van der Waals surface area contributed by atoms with Crippen LogP contribution >= 0.6 is 11.3 Å². The molecule has 7 heteroatoms. The van der Waals surface area contributed by atoms with E-state index < -0.39 is 11.9 Å². The number of hydrogen-bond donors (Lipinski definition) is 0. The average Bonchev–Trinajstić information content (AvgIpc) is 3.46. The van der Waals surface area contributed by atoms with Crippen molar-refractivity contribution in [3.05, 3.63) is 69.1 Å². The van der Waals surface area contributed by atoms with E-state index in [-0.39, 0.29) is 29.3 Å². The molecule has 0 spiro atoms. The number of aldehydes is 1. The zero-order valence-corrected chi connectivity index (χ0v) is 22.0. The first-order chi connectivity index (χ1) is 17.4. The Balaban J connectivity index is 1.72. The lowest BCUT2D eigenvalue weighted by molar-refractivity contribution is -0.140. The summed E-state index contributed by atoms with van der Waals surface area (Å²) in [5.41, 5.74) is 1.81. The Hall–Kier alpha value is -3.06. The number of methoxy groups -OCH3 is 1. The van der Waals surface area contributed by atoms with E-state index in [1.165, 1.54) is 25.4 Å². The Bertz CT molecular complexity index is 1100. The number of rotatable bonds is 13. The van der Waals surface area contributed by atoms with Crippen molar-refractivity contribution < 1.29 is 28.7 Å². The number of hydrogen-bond acceptors (Lipinski definition) is 7. The Morgan fingerprint density at radius 1 is 1.08 bits per heavy atom. The van der Waals surface area contributed by atoms with Crippen LogP contribution in [0.1, 0.15) is 89.9 Å². The molecule has 36 heavy (non-hydrogen) atoms. The van der Waals surface area contributed by atoms with Crippen LogP contribution in [0.25, 0.3) is 0 Å². The molecular weight excluding hydrogens is 476 g/mol. The van der Waals surface area contributed by atoms with Crippen LogP contribution in [0.15, 0.2) is 48.2 Å². The lowest BCUT2D eigenvalue weighted by Crippen LogP contribution is -2.17. The van der Waals surface area contributed by atoms with Crippen molar-refractivity contribution in [3.8, 4) is 0 Å². The summed E-state index contributed by atoms with van der Waals surface area (Å²) in [6, 6.07) is 11.4. The van der Waals surface area contributed by atoms with Crippen molar-refractivity contribution in [3.63, 3.8) is 0 Å². The second-order valence-corrected chi connectivity index (χ2v) is 10.4. The van der Waals surface area contributed by atoms with Gasteiger partial charge in [-0.25, -0.2) is 4.79 Å². The van der Waals surface area contributed by atoms with E-state index in [0.717, 1.165) is 67.2 Å². The fraction of sp³-hybridized carbons (Fsp3) is 0.448. The molecule has 0 amide bonds. The van der Waals surface area contributed by atoms with E-state index in [4.69, 9.17) is 9.47 Å². The second-order valence-electron chi connectivity index (χ2n) is 9.19. The molecule has 1 aromatic heterocycles. The third kappa shape index (κ3) is 7.00. The van der Waals surface area contributed by atoms with Crippen molar-refractivity contribution in [2.75, 3.05) is 7.11 Å². The molecule has 0 aliphatic heterocycles. The molecule has 0 saturated carbocycles. The highest BCUT2D eigenvalue weighted by Crippen LogP contribution is 2.40. The lowest BCUT2D eigenvalue weighted by Gasteiger charge is -2.19. The van der Waals surface area contributed by atoms with Gasteiger partial charge >= 0.3 is 11.9 Å². The topological polar surface area (TPSA) is 86.7 Å². The van der Waals surface area contributed by atoms with Gasteiger partial charge in [0.1, 0.15) is 11.2 Å². The van der Waals surface area contributed by atoms with Crippen LogP contribution in [0, 0.1) is 5.92 Å². The summed E-state index contributed by atoms with van der Waals surface area (Å²) in [6.07, 6.45) is 9.11. The van der Waals surface area contributed by atoms with Crippen LogP contribution < -0.4 is 0 Å². The molecule has 3 unspecified atom stereocenters. The molecule has 3 atom stereocenters. The van der Waals surface area contributed by atoms with Gasteiger partial charge in [0.2, 0.25) is 5.78 Å². The van der Waals surface area contributed by atoms with Gasteiger partial charge in [0, 0.05) is 17.7 Å². The summed E-state index contributed by atoms with van der Waals surface area (Å²) in [6.45, 7) is 3.43. The number of ether oxygens (including phenoxy) is 2. The van der Waals surface area contributed by atoms with Gasteiger partial charge in [-0.3, -0.25) is 9.59 Å². The van der Waals surface area contributed by atoms with Gasteiger partial charge in [-0.1, -0.05) is 50.5 Å². The standard InChI is InChI=1S/C29H34O6S/c1-4-5-6-8-23(18-30)20-11-13-21(14-12-20)27-22(17-25(28(27)32)35-19(2)31)9-7-10-24-15-16-26(36-24)29(33)34-3/h11-18,22-23,27H,4-10H2,1-3H3. The number of allylic oxidation sites excluding steroid dienone is 2. The van der Waals surface area contributed by atoms with E-state index in [9.17, 15) is 19.2 Å². The van der Waals surface area contributed by atoms with Crippen LogP contribution in [-0.2, 0) is 30.3 Å². The number of thiophene rings is 1. The van der Waals surface area contributed by atoms with Gasteiger partial charge in [-0.05, 0) is 60.9 Å². The Kier molecular flexibility index (Phi) is 10.2. The van der Waals surface area contributed by atoms with Crippen LogP contribution in [0.4, 0.5) is 0 Å². The summed E-state index contributed by atoms with van der Waals surface area (Å²) in [5, 5.41) is 0. The Morgan fingerprint density at radius 3 is 2.47 bits per heavy atom. The molecular formula is C29H34O6S. The van der Waals surface area contributed by atoms with Gasteiger partial charge in [0.05, 0.1) is 13.0 Å². The monoisotopic (exact) mass is 510 g/mol. The summed E-state index contributed by atoms with van der Waals surface area (Å²) in [5.74, 6) is -1.62. The molecule has 0 radical (unpaired) electrons. The highest BCUT2D eigenvalue weighted by Gasteiger charge is 2.38. The third-order valence-electron chi connectivity index (χ3n) is 6.59. The molecule has 3 rings (SSSR count). The number of carbonyl (C=O) groups excluding carboxylic acids is 4. The minimum Gasteiger partial charge on any atom is -0.465 e. The summed E-state index contributed by atoms with van der Waals surface area (Å²) >= 11 is 1.41. The van der Waals surface area contributed by atoms with Gasteiger partial charge in [-0.15, -0.1) is 11.3 Å². The maximum Gasteiger partial charge on any atom is 0.348 e. The predicted molar refractivity (Wildman–Crippen MR) is 139 cm³/mol. The predicted octanol–water partition coefficient (Wildman–Crippen LogP) is 6.15. The van der Waals surface area contributed by atoms with Gasteiger partial charge in [-0.2, -0.15) is 0 Å². The van der Waals surface area contributed by atoms with Crippen molar-refractivity contribution in [1.82, 2.24) is 0 Å². The van der Waals surface area contributed by atoms with E-state index >= 15 is 0 Å². The smallest absolute Gasteiger partial charge is 0.348 e. The molecule has 2 aromatic rings. The number of esters is 2. The van der Waals surface area contributed by atoms with E-state index in [2.05, 4.69) is 6.92 Å². The summed E-state index contributed by atoms with van der Waals surface area (Å²) in [7, 11) is 1.37. The normalized spacial score (nSPS) is 18.0. The molecule has 1 aromatic carbocycles. The molecule has 1 aliphatic rings. The zero-order chi connectivity index (χ0) is 26.1. The van der Waals surface area contributed by atoms with E-state index in [1.54, 1.807) is 12.1 Å². The third-order valence-corrected chi connectivity index (χ3v) is 7.71. The number of aryl methyl sites for hydroxylation is 1. The second kappa shape index (κ2) is 13.3. The molecule has 1 aliphatic carbocycles.